The average Bonchev–Trinajstić information content (AvgIpc) is 3.15. The number of carbonyl (C=O) groups is 1. The highest BCUT2D eigenvalue weighted by atomic mass is 19.1. The van der Waals surface area contributed by atoms with E-state index in [1.807, 2.05) is 12.1 Å². The molecule has 1 atom stereocenters. The first-order valence-corrected chi connectivity index (χ1v) is 9.37. The van der Waals surface area contributed by atoms with Gasteiger partial charge in [0.25, 0.3) is 5.91 Å². The summed E-state index contributed by atoms with van der Waals surface area (Å²) >= 11 is 0. The zero-order valence-electron chi connectivity index (χ0n) is 15.7. The molecule has 0 spiro atoms. The molecule has 0 bridgehead atoms. The molecule has 6 heteroatoms. The molecule has 1 saturated heterocycles. The van der Waals surface area contributed by atoms with Gasteiger partial charge in [-0.1, -0.05) is 12.1 Å². The molecule has 1 aromatic carbocycles. The Kier molecular flexibility index (Phi) is 6.90. The van der Waals surface area contributed by atoms with Crippen LogP contribution in [0.3, 0.4) is 0 Å². The monoisotopic (exact) mass is 371 g/mol. The van der Waals surface area contributed by atoms with Crippen LogP contribution in [0.2, 0.25) is 0 Å². The molecule has 144 valence electrons. The molecule has 2 aromatic rings. The molecule has 3 rings (SSSR count). The second-order valence-corrected chi connectivity index (χ2v) is 6.95. The maximum absolute atomic E-state index is 13.0. The second-order valence-electron chi connectivity index (χ2n) is 6.95. The lowest BCUT2D eigenvalue weighted by molar-refractivity contribution is 0.0947. The summed E-state index contributed by atoms with van der Waals surface area (Å²) in [5.41, 5.74) is 2.04. The van der Waals surface area contributed by atoms with Crippen LogP contribution < -0.4 is 5.32 Å². The van der Waals surface area contributed by atoms with Gasteiger partial charge in [-0.05, 0) is 49.6 Å². The van der Waals surface area contributed by atoms with E-state index < -0.39 is 0 Å². The van der Waals surface area contributed by atoms with Crippen LogP contribution in [-0.2, 0) is 4.74 Å². The van der Waals surface area contributed by atoms with Crippen molar-refractivity contribution in [3.05, 3.63) is 54.0 Å². The van der Waals surface area contributed by atoms with Gasteiger partial charge in [-0.3, -0.25) is 9.78 Å². The Hall–Kier alpha value is -2.31. The summed E-state index contributed by atoms with van der Waals surface area (Å²) in [6.45, 7) is 4.61. The number of pyridine rings is 1. The van der Waals surface area contributed by atoms with Gasteiger partial charge >= 0.3 is 0 Å². The Morgan fingerprint density at radius 3 is 3.04 bits per heavy atom. The zero-order valence-corrected chi connectivity index (χ0v) is 15.7. The summed E-state index contributed by atoms with van der Waals surface area (Å²) in [4.78, 5) is 19.0. The molecule has 0 saturated carbocycles. The van der Waals surface area contributed by atoms with E-state index in [9.17, 15) is 9.18 Å². The normalized spacial score (nSPS) is 17.2. The van der Waals surface area contributed by atoms with Gasteiger partial charge in [0, 0.05) is 44.5 Å². The number of halogens is 1. The molecule has 2 heterocycles. The molecule has 0 radical (unpaired) electrons. The van der Waals surface area contributed by atoms with Gasteiger partial charge in [-0.15, -0.1) is 0 Å². The molecule has 27 heavy (non-hydrogen) atoms. The van der Waals surface area contributed by atoms with Crippen molar-refractivity contribution in [1.29, 1.82) is 0 Å². The van der Waals surface area contributed by atoms with Gasteiger partial charge in [0.2, 0.25) is 0 Å². The Balaban J connectivity index is 1.51. The highest BCUT2D eigenvalue weighted by Gasteiger charge is 2.22. The van der Waals surface area contributed by atoms with Crippen LogP contribution in [0.25, 0.3) is 11.3 Å². The zero-order chi connectivity index (χ0) is 19.1. The third-order valence-corrected chi connectivity index (χ3v) is 4.89. The van der Waals surface area contributed by atoms with E-state index in [0.29, 0.717) is 23.7 Å². The largest absolute Gasteiger partial charge is 0.385 e. The minimum atomic E-state index is -0.375. The van der Waals surface area contributed by atoms with Crippen molar-refractivity contribution in [1.82, 2.24) is 15.2 Å². The lowest BCUT2D eigenvalue weighted by Gasteiger charge is -2.16. The Labute approximate surface area is 159 Å². The summed E-state index contributed by atoms with van der Waals surface area (Å²) in [6, 6.07) is 10.3. The fourth-order valence-electron chi connectivity index (χ4n) is 3.42. The van der Waals surface area contributed by atoms with E-state index in [4.69, 9.17) is 4.74 Å². The first kappa shape index (κ1) is 19.5. The fourth-order valence-corrected chi connectivity index (χ4v) is 3.42. The van der Waals surface area contributed by atoms with Crippen molar-refractivity contribution in [2.45, 2.75) is 12.8 Å². The van der Waals surface area contributed by atoms with Crippen molar-refractivity contribution >= 4 is 5.91 Å². The summed E-state index contributed by atoms with van der Waals surface area (Å²) in [6.07, 6.45) is 3.33. The highest BCUT2D eigenvalue weighted by molar-refractivity contribution is 5.95. The molecule has 1 N–H and O–H groups in total. The van der Waals surface area contributed by atoms with Crippen LogP contribution >= 0.6 is 0 Å². The van der Waals surface area contributed by atoms with Gasteiger partial charge < -0.3 is 15.0 Å². The Morgan fingerprint density at radius 2 is 2.26 bits per heavy atom. The molecule has 1 unspecified atom stereocenters. The molecular weight excluding hydrogens is 345 g/mol. The summed E-state index contributed by atoms with van der Waals surface area (Å²) in [7, 11) is 1.73. The number of hydrogen-bond donors (Lipinski definition) is 1. The predicted octanol–water partition coefficient (Wildman–Crippen LogP) is 2.98. The number of aromatic nitrogens is 1. The van der Waals surface area contributed by atoms with Crippen molar-refractivity contribution < 1.29 is 13.9 Å². The number of rotatable bonds is 8. The number of carbonyl (C=O) groups excluding carboxylic acids is 1. The third kappa shape index (κ3) is 5.58. The predicted molar refractivity (Wildman–Crippen MR) is 103 cm³/mol. The molecule has 0 aliphatic carbocycles. The van der Waals surface area contributed by atoms with Gasteiger partial charge in [0.15, 0.2) is 0 Å². The molecule has 1 aliphatic rings. The van der Waals surface area contributed by atoms with Crippen LogP contribution in [0.4, 0.5) is 4.39 Å². The van der Waals surface area contributed by atoms with Crippen molar-refractivity contribution in [3.63, 3.8) is 0 Å². The number of nitrogens with zero attached hydrogens (tertiary/aromatic N) is 2. The molecule has 1 aliphatic heterocycles. The summed E-state index contributed by atoms with van der Waals surface area (Å²) < 4.78 is 18.1. The van der Waals surface area contributed by atoms with Crippen molar-refractivity contribution in [3.8, 4) is 11.3 Å². The molecule has 1 amide bonds. The van der Waals surface area contributed by atoms with E-state index in [0.717, 1.165) is 44.6 Å². The highest BCUT2D eigenvalue weighted by Crippen LogP contribution is 2.19. The standard InChI is InChI=1S/C21H26FN3O2/c1-27-11-3-9-25-10-8-16(15-25)13-24-21(26)18-5-2-4-17(12-18)20-7-6-19(22)14-23-20/h2,4-7,12,14,16H,3,8-11,13,15H2,1H3,(H,24,26). The molecule has 5 nitrogen and oxygen atoms in total. The average molecular weight is 371 g/mol. The quantitative estimate of drug-likeness (QED) is 0.725. The van der Waals surface area contributed by atoms with E-state index >= 15 is 0 Å². The van der Waals surface area contributed by atoms with Crippen LogP contribution in [0, 0.1) is 11.7 Å². The van der Waals surface area contributed by atoms with E-state index in [-0.39, 0.29) is 11.7 Å². The van der Waals surface area contributed by atoms with Gasteiger partial charge in [-0.2, -0.15) is 0 Å². The van der Waals surface area contributed by atoms with Gasteiger partial charge in [0.1, 0.15) is 5.82 Å². The molecular formula is C21H26FN3O2. The Bertz CT molecular complexity index is 751. The van der Waals surface area contributed by atoms with Gasteiger partial charge in [-0.25, -0.2) is 4.39 Å². The van der Waals surface area contributed by atoms with E-state index in [1.54, 1.807) is 25.3 Å². The van der Waals surface area contributed by atoms with Gasteiger partial charge in [0.05, 0.1) is 11.9 Å². The first-order chi connectivity index (χ1) is 13.2. The SMILES string of the molecule is COCCCN1CCC(CNC(=O)c2cccc(-c3ccc(F)cn3)c2)C1. The number of nitrogens with one attached hydrogen (secondary N) is 1. The number of hydrogen-bond acceptors (Lipinski definition) is 4. The van der Waals surface area contributed by atoms with Crippen LogP contribution in [0.5, 0.6) is 0 Å². The number of benzene rings is 1. The topological polar surface area (TPSA) is 54.5 Å². The third-order valence-electron chi connectivity index (χ3n) is 4.89. The maximum Gasteiger partial charge on any atom is 0.251 e. The number of likely N-dealkylation sites (tertiary alicyclic amines) is 1. The van der Waals surface area contributed by atoms with Crippen LogP contribution in [0.15, 0.2) is 42.6 Å². The molecule has 1 aromatic heterocycles. The van der Waals surface area contributed by atoms with Crippen LogP contribution in [-0.4, -0.2) is 55.7 Å². The number of amides is 1. The van der Waals surface area contributed by atoms with Crippen molar-refractivity contribution in [2.75, 3.05) is 39.9 Å². The minimum Gasteiger partial charge on any atom is -0.385 e. The first-order valence-electron chi connectivity index (χ1n) is 9.37. The van der Waals surface area contributed by atoms with Crippen LogP contribution in [0.1, 0.15) is 23.2 Å². The summed E-state index contributed by atoms with van der Waals surface area (Å²) in [5.74, 6) is 0.0238. The summed E-state index contributed by atoms with van der Waals surface area (Å²) in [5, 5.41) is 3.05. The second kappa shape index (κ2) is 9.58. The van der Waals surface area contributed by atoms with Crippen molar-refractivity contribution in [2.24, 2.45) is 5.92 Å². The number of methoxy groups -OCH3 is 1. The minimum absolute atomic E-state index is 0.0863. The lowest BCUT2D eigenvalue weighted by Crippen LogP contribution is -2.31. The lowest BCUT2D eigenvalue weighted by atomic mass is 10.1. The number of ether oxygens (including phenoxy) is 1. The fraction of sp³-hybridized carbons (Fsp3) is 0.429. The van der Waals surface area contributed by atoms with E-state index in [1.165, 1.54) is 12.3 Å². The molecule has 1 fully saturated rings. The Morgan fingerprint density at radius 1 is 1.37 bits per heavy atom. The van der Waals surface area contributed by atoms with E-state index in [2.05, 4.69) is 15.2 Å². The smallest absolute Gasteiger partial charge is 0.251 e. The maximum atomic E-state index is 13.0.